The van der Waals surface area contributed by atoms with E-state index in [9.17, 15) is 4.79 Å². The molecule has 1 heterocycles. The molecular weight excluding hydrogens is 264 g/mol. The topological polar surface area (TPSA) is 32.8 Å². The molecule has 116 valence electrons. The van der Waals surface area contributed by atoms with E-state index in [0.29, 0.717) is 13.1 Å². The van der Waals surface area contributed by atoms with Crippen LogP contribution >= 0.6 is 0 Å². The number of carbonyl (C=O) groups excluding carboxylic acids is 1. The maximum absolute atomic E-state index is 12.0. The normalized spacial score (nSPS) is 16.0. The van der Waals surface area contributed by atoms with E-state index in [-0.39, 0.29) is 6.09 Å². The first-order valence-corrected chi connectivity index (χ1v) is 7.56. The summed E-state index contributed by atoms with van der Waals surface area (Å²) in [6, 6.07) is 6.54. The molecule has 4 heteroatoms. The minimum absolute atomic E-state index is 0.206. The predicted octanol–water partition coefficient (Wildman–Crippen LogP) is 3.36. The average molecular weight is 290 g/mol. The molecule has 0 bridgehead atoms. The smallest absolute Gasteiger partial charge is 0.410 e. The van der Waals surface area contributed by atoms with Crippen molar-refractivity contribution >= 4 is 11.8 Å². The standard InChI is InChI=1S/C17H26N2O2/c1-13-6-7-15(12-14(13)2)18-8-10-19(11-9-18)16(20)21-17(3,4)5/h6-7,12H,8-11H2,1-5H3. The van der Waals surface area contributed by atoms with Gasteiger partial charge >= 0.3 is 6.09 Å². The minimum atomic E-state index is -0.428. The van der Waals surface area contributed by atoms with Crippen LogP contribution < -0.4 is 4.90 Å². The Balaban J connectivity index is 1.94. The third kappa shape index (κ3) is 4.13. The van der Waals surface area contributed by atoms with Gasteiger partial charge in [-0.3, -0.25) is 0 Å². The quantitative estimate of drug-likeness (QED) is 0.795. The van der Waals surface area contributed by atoms with Crippen LogP contribution in [0.3, 0.4) is 0 Å². The third-order valence-corrected chi connectivity index (χ3v) is 3.79. The second-order valence-electron chi connectivity index (χ2n) is 6.72. The molecule has 0 N–H and O–H groups in total. The van der Waals surface area contributed by atoms with Crippen molar-refractivity contribution in [1.82, 2.24) is 4.90 Å². The van der Waals surface area contributed by atoms with E-state index in [2.05, 4.69) is 36.9 Å². The molecule has 0 atom stereocenters. The van der Waals surface area contributed by atoms with Crippen LogP contribution in [0, 0.1) is 13.8 Å². The molecule has 1 fully saturated rings. The molecule has 0 saturated carbocycles. The summed E-state index contributed by atoms with van der Waals surface area (Å²) in [7, 11) is 0. The van der Waals surface area contributed by atoms with Gasteiger partial charge in [-0.05, 0) is 57.9 Å². The lowest BCUT2D eigenvalue weighted by Crippen LogP contribution is -2.50. The Morgan fingerprint density at radius 1 is 1.05 bits per heavy atom. The van der Waals surface area contributed by atoms with Gasteiger partial charge in [-0.25, -0.2) is 4.79 Å². The molecule has 1 aliphatic rings. The molecule has 0 spiro atoms. The monoisotopic (exact) mass is 290 g/mol. The number of hydrogen-bond donors (Lipinski definition) is 0. The largest absolute Gasteiger partial charge is 0.444 e. The molecule has 1 amide bonds. The van der Waals surface area contributed by atoms with Gasteiger partial charge in [-0.1, -0.05) is 6.07 Å². The number of amides is 1. The molecular formula is C17H26N2O2. The Kier molecular flexibility index (Phi) is 4.45. The Morgan fingerprint density at radius 3 is 2.19 bits per heavy atom. The summed E-state index contributed by atoms with van der Waals surface area (Å²) in [5.41, 5.74) is 3.43. The van der Waals surface area contributed by atoms with Gasteiger partial charge in [-0.15, -0.1) is 0 Å². The van der Waals surface area contributed by atoms with Crippen LogP contribution in [-0.2, 0) is 4.74 Å². The Morgan fingerprint density at radius 2 is 1.67 bits per heavy atom. The number of nitrogens with zero attached hydrogens (tertiary/aromatic N) is 2. The molecule has 0 aromatic heterocycles. The van der Waals surface area contributed by atoms with Crippen molar-refractivity contribution in [2.75, 3.05) is 31.1 Å². The molecule has 1 aromatic rings. The molecule has 4 nitrogen and oxygen atoms in total. The first kappa shape index (κ1) is 15.7. The Bertz CT molecular complexity index is 512. The minimum Gasteiger partial charge on any atom is -0.444 e. The fourth-order valence-corrected chi connectivity index (χ4v) is 2.40. The van der Waals surface area contributed by atoms with Crippen molar-refractivity contribution in [3.05, 3.63) is 29.3 Å². The summed E-state index contributed by atoms with van der Waals surface area (Å²) in [6.45, 7) is 13.1. The lowest BCUT2D eigenvalue weighted by Gasteiger charge is -2.37. The predicted molar refractivity (Wildman–Crippen MR) is 85.9 cm³/mol. The van der Waals surface area contributed by atoms with Crippen molar-refractivity contribution in [2.45, 2.75) is 40.2 Å². The van der Waals surface area contributed by atoms with Gasteiger partial charge < -0.3 is 14.5 Å². The van der Waals surface area contributed by atoms with Crippen LogP contribution in [0.1, 0.15) is 31.9 Å². The number of piperazine rings is 1. The fourth-order valence-electron chi connectivity index (χ4n) is 2.40. The molecule has 0 radical (unpaired) electrons. The Labute approximate surface area is 127 Å². The SMILES string of the molecule is Cc1ccc(N2CCN(C(=O)OC(C)(C)C)CC2)cc1C. The average Bonchev–Trinajstić information content (AvgIpc) is 2.40. The maximum Gasteiger partial charge on any atom is 0.410 e. The van der Waals surface area contributed by atoms with Crippen LogP contribution in [0.2, 0.25) is 0 Å². The van der Waals surface area contributed by atoms with Crippen molar-refractivity contribution in [3.8, 4) is 0 Å². The van der Waals surface area contributed by atoms with E-state index in [1.165, 1.54) is 16.8 Å². The molecule has 1 saturated heterocycles. The number of benzene rings is 1. The third-order valence-electron chi connectivity index (χ3n) is 3.79. The van der Waals surface area contributed by atoms with Gasteiger partial charge in [0.05, 0.1) is 0 Å². The summed E-state index contributed by atoms with van der Waals surface area (Å²) in [4.78, 5) is 16.2. The zero-order chi connectivity index (χ0) is 15.6. The van der Waals surface area contributed by atoms with Gasteiger partial charge in [0.25, 0.3) is 0 Å². The van der Waals surface area contributed by atoms with Crippen molar-refractivity contribution in [1.29, 1.82) is 0 Å². The van der Waals surface area contributed by atoms with Crippen LogP contribution in [0.5, 0.6) is 0 Å². The van der Waals surface area contributed by atoms with E-state index < -0.39 is 5.60 Å². The van der Waals surface area contributed by atoms with Gasteiger partial charge in [-0.2, -0.15) is 0 Å². The van der Waals surface area contributed by atoms with Gasteiger partial charge in [0, 0.05) is 31.9 Å². The molecule has 1 aromatic carbocycles. The molecule has 0 unspecified atom stereocenters. The van der Waals surface area contributed by atoms with E-state index in [4.69, 9.17) is 4.74 Å². The number of anilines is 1. The molecule has 1 aliphatic heterocycles. The zero-order valence-electron chi connectivity index (χ0n) is 13.8. The van der Waals surface area contributed by atoms with Crippen molar-refractivity contribution in [3.63, 3.8) is 0 Å². The summed E-state index contributed by atoms with van der Waals surface area (Å²) in [6.07, 6.45) is -0.206. The number of rotatable bonds is 1. The van der Waals surface area contributed by atoms with Crippen LogP contribution in [0.15, 0.2) is 18.2 Å². The molecule has 2 rings (SSSR count). The highest BCUT2D eigenvalue weighted by Gasteiger charge is 2.25. The Hall–Kier alpha value is -1.71. The lowest BCUT2D eigenvalue weighted by molar-refractivity contribution is 0.0240. The van der Waals surface area contributed by atoms with E-state index in [1.54, 1.807) is 4.90 Å². The number of ether oxygens (including phenoxy) is 1. The number of aryl methyl sites for hydroxylation is 2. The lowest BCUT2D eigenvalue weighted by atomic mass is 10.1. The van der Waals surface area contributed by atoms with Crippen LogP contribution in [-0.4, -0.2) is 42.8 Å². The summed E-state index contributed by atoms with van der Waals surface area (Å²) in [5.74, 6) is 0. The van der Waals surface area contributed by atoms with Crippen LogP contribution in [0.25, 0.3) is 0 Å². The second-order valence-corrected chi connectivity index (χ2v) is 6.72. The summed E-state index contributed by atoms with van der Waals surface area (Å²) < 4.78 is 5.42. The molecule has 21 heavy (non-hydrogen) atoms. The van der Waals surface area contributed by atoms with Crippen molar-refractivity contribution < 1.29 is 9.53 Å². The highest BCUT2D eigenvalue weighted by atomic mass is 16.6. The zero-order valence-corrected chi connectivity index (χ0v) is 13.8. The van der Waals surface area contributed by atoms with Gasteiger partial charge in [0.2, 0.25) is 0 Å². The van der Waals surface area contributed by atoms with Gasteiger partial charge in [0.15, 0.2) is 0 Å². The highest BCUT2D eigenvalue weighted by molar-refractivity contribution is 5.68. The number of hydrogen-bond acceptors (Lipinski definition) is 3. The van der Waals surface area contributed by atoms with E-state index in [1.807, 2.05) is 20.8 Å². The van der Waals surface area contributed by atoms with Crippen LogP contribution in [0.4, 0.5) is 10.5 Å². The van der Waals surface area contributed by atoms with Gasteiger partial charge in [0.1, 0.15) is 5.60 Å². The highest BCUT2D eigenvalue weighted by Crippen LogP contribution is 2.21. The number of carbonyl (C=O) groups is 1. The van der Waals surface area contributed by atoms with E-state index in [0.717, 1.165) is 13.1 Å². The summed E-state index contributed by atoms with van der Waals surface area (Å²) in [5, 5.41) is 0. The first-order valence-electron chi connectivity index (χ1n) is 7.56. The van der Waals surface area contributed by atoms with Crippen molar-refractivity contribution in [2.24, 2.45) is 0 Å². The maximum atomic E-state index is 12.0. The first-order chi connectivity index (χ1) is 9.76. The fraction of sp³-hybridized carbons (Fsp3) is 0.588. The van der Waals surface area contributed by atoms with E-state index >= 15 is 0 Å². The second kappa shape index (κ2) is 5.96. The molecule has 0 aliphatic carbocycles. The summed E-state index contributed by atoms with van der Waals surface area (Å²) >= 11 is 0.